The third-order valence-corrected chi connectivity index (χ3v) is 7.65. The molecule has 0 spiro atoms. The van der Waals surface area contributed by atoms with Crippen LogP contribution in [-0.4, -0.2) is 97.0 Å². The number of halogens is 3. The van der Waals surface area contributed by atoms with E-state index in [-0.39, 0.29) is 56.3 Å². The van der Waals surface area contributed by atoms with Gasteiger partial charge in [0.05, 0.1) is 37.7 Å². The van der Waals surface area contributed by atoms with Gasteiger partial charge in [-0.2, -0.15) is 0 Å². The second-order valence-corrected chi connectivity index (χ2v) is 9.79. The number of alkyl halides is 3. The van der Waals surface area contributed by atoms with Crippen molar-refractivity contribution in [3.05, 3.63) is 0 Å². The highest BCUT2D eigenvalue weighted by molar-refractivity contribution is 5.02. The second-order valence-electron chi connectivity index (χ2n) is 9.79. The van der Waals surface area contributed by atoms with Gasteiger partial charge in [0.15, 0.2) is 0 Å². The van der Waals surface area contributed by atoms with E-state index < -0.39 is 24.2 Å². The number of hydrogen-bond acceptors (Lipinski definition) is 7. The van der Waals surface area contributed by atoms with Crippen molar-refractivity contribution in [2.75, 3.05) is 39.3 Å². The number of β-amino-alcohol motifs (C(OH)–C–C–N with tert-alkyl or cyclic N) is 1. The van der Waals surface area contributed by atoms with Crippen LogP contribution in [0.2, 0.25) is 0 Å². The third kappa shape index (κ3) is 4.24. The lowest BCUT2D eigenvalue weighted by Gasteiger charge is -2.46. The monoisotopic (exact) mass is 433 g/mol. The third-order valence-electron chi connectivity index (χ3n) is 7.65. The smallest absolute Gasteiger partial charge is 0.262 e. The zero-order valence-corrected chi connectivity index (χ0v) is 17.3. The van der Waals surface area contributed by atoms with Crippen LogP contribution in [0, 0.1) is 11.8 Å². The zero-order chi connectivity index (χ0) is 20.9. The quantitative estimate of drug-likeness (QED) is 0.437. The van der Waals surface area contributed by atoms with E-state index in [4.69, 9.17) is 4.74 Å². The van der Waals surface area contributed by atoms with Gasteiger partial charge in [0.1, 0.15) is 6.17 Å². The van der Waals surface area contributed by atoms with Crippen molar-refractivity contribution in [2.45, 2.75) is 74.8 Å². The van der Waals surface area contributed by atoms with E-state index in [1.165, 1.54) is 0 Å². The van der Waals surface area contributed by atoms with Gasteiger partial charge >= 0.3 is 0 Å². The van der Waals surface area contributed by atoms with Crippen molar-refractivity contribution >= 4 is 0 Å². The van der Waals surface area contributed by atoms with Gasteiger partial charge < -0.3 is 15.2 Å². The first kappa shape index (κ1) is 21.4. The molecule has 0 aromatic carbocycles. The number of aliphatic hydroxyl groups is 1. The number of hydrazine groups is 1. The van der Waals surface area contributed by atoms with Crippen LogP contribution in [0.25, 0.3) is 0 Å². The summed E-state index contributed by atoms with van der Waals surface area (Å²) in [7, 11) is 0. The summed E-state index contributed by atoms with van der Waals surface area (Å²) in [5, 5.41) is 19.5. The average Bonchev–Trinajstić information content (AvgIpc) is 3.26. The molecule has 0 amide bonds. The molecular weight excluding hydrogens is 399 g/mol. The molecule has 4 heterocycles. The van der Waals surface area contributed by atoms with Crippen LogP contribution in [0.3, 0.4) is 0 Å². The van der Waals surface area contributed by atoms with Gasteiger partial charge in [-0.15, -0.1) is 0 Å². The second kappa shape index (κ2) is 8.46. The number of fused-ring (bicyclic) bond motifs is 5. The fourth-order valence-electron chi connectivity index (χ4n) is 6.21. The Morgan fingerprint density at radius 1 is 1.10 bits per heavy atom. The van der Waals surface area contributed by atoms with E-state index in [9.17, 15) is 18.3 Å². The minimum absolute atomic E-state index is 0.0542. The summed E-state index contributed by atoms with van der Waals surface area (Å²) in [5.41, 5.74) is 3.40. The van der Waals surface area contributed by atoms with Crippen LogP contribution in [0.15, 0.2) is 0 Å². The van der Waals surface area contributed by atoms with Gasteiger partial charge in [0.2, 0.25) is 0 Å². The summed E-state index contributed by atoms with van der Waals surface area (Å²) in [6.07, 6.45) is -0.383. The fraction of sp³-hybridized carbons (Fsp3) is 1.00. The van der Waals surface area contributed by atoms with Crippen molar-refractivity contribution < 1.29 is 23.0 Å². The zero-order valence-electron chi connectivity index (χ0n) is 17.3. The molecule has 4 aliphatic heterocycles. The molecule has 4 saturated heterocycles. The van der Waals surface area contributed by atoms with Crippen molar-refractivity contribution in [1.82, 2.24) is 26.0 Å². The molecule has 0 radical (unpaired) electrons. The summed E-state index contributed by atoms with van der Waals surface area (Å²) >= 11 is 0. The molecular formula is C20H34F3N5O2. The van der Waals surface area contributed by atoms with E-state index in [0.29, 0.717) is 19.4 Å². The van der Waals surface area contributed by atoms with Gasteiger partial charge in [-0.3, -0.25) is 15.6 Å². The van der Waals surface area contributed by atoms with Crippen molar-refractivity contribution in [1.29, 1.82) is 0 Å². The van der Waals surface area contributed by atoms with Gasteiger partial charge in [-0.1, -0.05) is 0 Å². The molecule has 0 aromatic heterocycles. The molecule has 8 atom stereocenters. The first-order valence-electron chi connectivity index (χ1n) is 11.4. The molecule has 7 unspecified atom stereocenters. The Labute approximate surface area is 175 Å². The van der Waals surface area contributed by atoms with Crippen LogP contribution >= 0.6 is 0 Å². The Kier molecular flexibility index (Phi) is 6.02. The van der Waals surface area contributed by atoms with E-state index in [2.05, 4.69) is 21.1 Å². The predicted molar refractivity (Wildman–Crippen MR) is 104 cm³/mol. The summed E-state index contributed by atoms with van der Waals surface area (Å²) < 4.78 is 49.7. The van der Waals surface area contributed by atoms with Crippen LogP contribution in [-0.2, 0) is 4.74 Å². The van der Waals surface area contributed by atoms with Gasteiger partial charge in [0, 0.05) is 50.5 Å². The van der Waals surface area contributed by atoms with Crippen LogP contribution in [0.1, 0.15) is 32.1 Å². The van der Waals surface area contributed by atoms with E-state index in [0.717, 1.165) is 26.1 Å². The van der Waals surface area contributed by atoms with Crippen molar-refractivity contribution in [2.24, 2.45) is 11.8 Å². The number of aliphatic hydroxyl groups excluding tert-OH is 1. The highest BCUT2D eigenvalue weighted by atomic mass is 19.3. The van der Waals surface area contributed by atoms with Crippen LogP contribution < -0.4 is 16.1 Å². The Hall–Kier alpha value is -0.490. The topological polar surface area (TPSA) is 72.0 Å². The van der Waals surface area contributed by atoms with Crippen LogP contribution in [0.4, 0.5) is 13.2 Å². The SMILES string of the molecule is O[C@H]1CNCC2CNN3CCC(NC23)N2CC(F)(F)CC2C2CC(F)CCC2OC1. The largest absolute Gasteiger partial charge is 0.389 e. The van der Waals surface area contributed by atoms with Gasteiger partial charge in [0.25, 0.3) is 5.92 Å². The average molecular weight is 434 g/mol. The lowest BCUT2D eigenvalue weighted by Crippen LogP contribution is -2.64. The van der Waals surface area contributed by atoms with E-state index in [1.54, 1.807) is 0 Å². The maximum absolute atomic E-state index is 14.6. The van der Waals surface area contributed by atoms with E-state index >= 15 is 0 Å². The maximum atomic E-state index is 14.6. The Morgan fingerprint density at radius 2 is 1.97 bits per heavy atom. The highest BCUT2D eigenvalue weighted by Gasteiger charge is 2.54. The summed E-state index contributed by atoms with van der Waals surface area (Å²) in [6.45, 7) is 2.59. The molecule has 2 bridgehead atoms. The molecule has 10 heteroatoms. The minimum Gasteiger partial charge on any atom is -0.389 e. The van der Waals surface area contributed by atoms with Gasteiger partial charge in [-0.05, 0) is 25.7 Å². The fourth-order valence-corrected chi connectivity index (χ4v) is 6.21. The number of rotatable bonds is 0. The van der Waals surface area contributed by atoms with Crippen molar-refractivity contribution in [3.63, 3.8) is 0 Å². The summed E-state index contributed by atoms with van der Waals surface area (Å²) in [5.74, 6) is -2.80. The molecule has 5 aliphatic rings. The van der Waals surface area contributed by atoms with Crippen molar-refractivity contribution in [3.8, 4) is 0 Å². The molecule has 4 N–H and O–H groups in total. The lowest BCUT2D eigenvalue weighted by atomic mass is 9.79. The number of nitrogens with one attached hydrogen (secondary N) is 3. The minimum atomic E-state index is -2.78. The maximum Gasteiger partial charge on any atom is 0.262 e. The molecule has 5 rings (SSSR count). The number of hydrogen-bond donors (Lipinski definition) is 4. The Bertz CT molecular complexity index is 617. The Morgan fingerprint density at radius 3 is 2.83 bits per heavy atom. The van der Waals surface area contributed by atoms with Crippen LogP contribution in [0.5, 0.6) is 0 Å². The molecule has 5 fully saturated rings. The molecule has 172 valence electrons. The Balaban J connectivity index is 1.43. The molecule has 7 nitrogen and oxygen atoms in total. The summed E-state index contributed by atoms with van der Waals surface area (Å²) in [4.78, 5) is 1.90. The summed E-state index contributed by atoms with van der Waals surface area (Å²) in [6, 6.07) is -0.418. The molecule has 0 aromatic rings. The lowest BCUT2D eigenvalue weighted by molar-refractivity contribution is -0.0881. The number of nitrogens with zero attached hydrogens (tertiary/aromatic N) is 2. The first-order valence-corrected chi connectivity index (χ1v) is 11.4. The molecule has 1 aliphatic carbocycles. The number of ether oxygens (including phenoxy) is 1. The first-order chi connectivity index (χ1) is 14.4. The molecule has 1 saturated carbocycles. The normalized spacial score (nSPS) is 48.0. The van der Waals surface area contributed by atoms with Gasteiger partial charge in [-0.25, -0.2) is 18.2 Å². The van der Waals surface area contributed by atoms with E-state index in [1.807, 2.05) is 4.90 Å². The standard InChI is InChI=1S/C20H34F3N5O2/c21-13-1-2-17-15(5-13)16-6-20(22,23)11-27(16)18-3-4-28-19(26-18)12(8-25-28)7-24-9-14(29)10-30-17/h12-19,24-26,29H,1-11H2/t12?,13?,14-,15?,16?,17?,18?,19?/m0/s1. The highest BCUT2D eigenvalue weighted by Crippen LogP contribution is 2.43. The molecule has 30 heavy (non-hydrogen) atoms. The predicted octanol–water partition coefficient (Wildman–Crippen LogP) is 0.265.